The van der Waals surface area contributed by atoms with Gasteiger partial charge >= 0.3 is 19.5 Å². The quantitative estimate of drug-likeness (QED) is 0.0554. The average Bonchev–Trinajstić information content (AvgIpc) is 2.95. The molecule has 0 unspecified atom stereocenters. The maximum atomic E-state index is 10.1. The Morgan fingerprint density at radius 1 is 0.302 bits per heavy atom. The predicted octanol–water partition coefficient (Wildman–Crippen LogP) is 7.97. The minimum atomic E-state index is -0.909. The molecule has 0 aromatic heterocycles. The Kier molecular flexibility index (Phi) is 51.7. The number of hydrogen-bond donors (Lipinski definition) is 0. The van der Waals surface area contributed by atoms with Crippen molar-refractivity contribution in [2.75, 3.05) is 0 Å². The molecule has 0 amide bonds. The van der Waals surface area contributed by atoms with Gasteiger partial charge in [0.1, 0.15) is 0 Å². The van der Waals surface area contributed by atoms with E-state index >= 15 is 0 Å². The van der Waals surface area contributed by atoms with Gasteiger partial charge in [-0.3, -0.25) is 0 Å². The fourth-order valence-corrected chi connectivity index (χ4v) is 4.74. The number of aliphatic carboxylic acids is 3. The monoisotopic (exact) mass is 699 g/mol. The minimum Gasteiger partial charge on any atom is -0.550 e. The molecule has 0 rings (SSSR count). The van der Waals surface area contributed by atoms with Crippen molar-refractivity contribution in [1.29, 1.82) is 0 Å². The van der Waals surface area contributed by atoms with Crippen LogP contribution in [0.25, 0.3) is 0 Å². The van der Waals surface area contributed by atoms with E-state index in [0.717, 1.165) is 38.5 Å². The molecule has 7 heteroatoms. The molecule has 0 saturated carbocycles. The standard InChI is InChI=1S/3C12H24O2.Ru/c3*1-2-3-4-5-6-7-8-9-10-11-12(13)14;/h3*2-11H2,1H3,(H,13,14);/q;;;+3/p-3. The topological polar surface area (TPSA) is 120 Å². The summed E-state index contributed by atoms with van der Waals surface area (Å²) in [6.45, 7) is 6.67. The summed E-state index contributed by atoms with van der Waals surface area (Å²) in [5.41, 5.74) is 0. The van der Waals surface area contributed by atoms with Crippen LogP contribution in [0, 0.1) is 0 Å². The first-order chi connectivity index (χ1) is 20.3. The van der Waals surface area contributed by atoms with E-state index in [1.165, 1.54) is 135 Å². The minimum absolute atomic E-state index is 0. The van der Waals surface area contributed by atoms with E-state index < -0.39 is 17.9 Å². The molecule has 0 spiro atoms. The molecular formula is C36H69O6Ru. The van der Waals surface area contributed by atoms with Crippen LogP contribution < -0.4 is 15.3 Å². The van der Waals surface area contributed by atoms with Crippen molar-refractivity contribution >= 4 is 17.9 Å². The number of carbonyl (C=O) groups is 3. The second kappa shape index (κ2) is 45.5. The molecule has 0 aliphatic heterocycles. The molecule has 0 fully saturated rings. The Balaban J connectivity index is -0.000000262. The van der Waals surface area contributed by atoms with E-state index in [9.17, 15) is 29.7 Å². The van der Waals surface area contributed by atoms with Gasteiger partial charge in [0.05, 0.1) is 0 Å². The van der Waals surface area contributed by atoms with Crippen LogP contribution in [-0.4, -0.2) is 17.9 Å². The molecule has 0 aromatic rings. The first kappa shape index (κ1) is 48.9. The van der Waals surface area contributed by atoms with Gasteiger partial charge in [-0.15, -0.1) is 0 Å². The van der Waals surface area contributed by atoms with Crippen LogP contribution in [-0.2, 0) is 33.9 Å². The Hall–Kier alpha value is -0.967. The summed E-state index contributed by atoms with van der Waals surface area (Å²) in [7, 11) is 0. The summed E-state index contributed by atoms with van der Waals surface area (Å²) in [5, 5.41) is 30.3. The van der Waals surface area contributed by atoms with E-state index in [-0.39, 0.29) is 38.7 Å². The van der Waals surface area contributed by atoms with Gasteiger partial charge < -0.3 is 29.7 Å². The van der Waals surface area contributed by atoms with Crippen molar-refractivity contribution in [2.24, 2.45) is 0 Å². The molecule has 0 aliphatic rings. The van der Waals surface area contributed by atoms with Gasteiger partial charge in [-0.25, -0.2) is 0 Å². The van der Waals surface area contributed by atoms with Crippen LogP contribution in [0.15, 0.2) is 0 Å². The molecule has 0 atom stereocenters. The normalized spacial score (nSPS) is 10.1. The average molecular weight is 699 g/mol. The van der Waals surface area contributed by atoms with Crippen LogP contribution in [0.2, 0.25) is 0 Å². The Labute approximate surface area is 279 Å². The summed E-state index contributed by atoms with van der Waals surface area (Å²) in [5.74, 6) is -2.73. The van der Waals surface area contributed by atoms with Crippen molar-refractivity contribution in [1.82, 2.24) is 0 Å². The van der Waals surface area contributed by atoms with Crippen LogP contribution in [0.5, 0.6) is 0 Å². The van der Waals surface area contributed by atoms with Gasteiger partial charge in [0.25, 0.3) is 0 Å². The summed E-state index contributed by atoms with van der Waals surface area (Å²) < 4.78 is 0. The number of hydrogen-bond acceptors (Lipinski definition) is 6. The van der Waals surface area contributed by atoms with Gasteiger partial charge in [0.2, 0.25) is 0 Å². The summed E-state index contributed by atoms with van der Waals surface area (Å²) in [6, 6.07) is 0. The molecule has 1 radical (unpaired) electrons. The third kappa shape index (κ3) is 60.9. The first-order valence-electron chi connectivity index (χ1n) is 17.9. The van der Waals surface area contributed by atoms with Gasteiger partial charge in [-0.05, 0) is 38.5 Å². The molecule has 257 valence electrons. The maximum Gasteiger partial charge on any atom is 3.00 e. The molecule has 0 heterocycles. The SMILES string of the molecule is CCCCCCCCCCCC(=O)[O-].CCCCCCCCCCCC(=O)[O-].CCCCCCCCCCCC(=O)[O-].[Ru+3]. The van der Waals surface area contributed by atoms with Gasteiger partial charge in [0, 0.05) is 17.9 Å². The molecule has 43 heavy (non-hydrogen) atoms. The first-order valence-corrected chi connectivity index (χ1v) is 17.9. The Morgan fingerprint density at radius 2 is 0.442 bits per heavy atom. The van der Waals surface area contributed by atoms with Crippen LogP contribution in [0.1, 0.15) is 213 Å². The summed E-state index contributed by atoms with van der Waals surface area (Å²) >= 11 is 0. The molecule has 6 nitrogen and oxygen atoms in total. The molecule has 0 aliphatic carbocycles. The third-order valence-electron chi connectivity index (χ3n) is 7.45. The molecule has 0 saturated heterocycles. The number of carboxylic acids is 3. The van der Waals surface area contributed by atoms with Crippen molar-refractivity contribution in [3.05, 3.63) is 0 Å². The molecular weight excluding hydrogens is 629 g/mol. The van der Waals surface area contributed by atoms with Crippen LogP contribution in [0.3, 0.4) is 0 Å². The number of carbonyl (C=O) groups excluding carboxylic acids is 3. The number of unbranched alkanes of at least 4 members (excludes halogenated alkanes) is 24. The predicted molar refractivity (Wildman–Crippen MR) is 171 cm³/mol. The second-order valence-corrected chi connectivity index (χ2v) is 11.9. The van der Waals surface area contributed by atoms with Crippen LogP contribution >= 0.6 is 0 Å². The number of carboxylic acid groups (broad SMARTS) is 3. The second-order valence-electron chi connectivity index (χ2n) is 11.9. The zero-order valence-corrected chi connectivity index (χ0v) is 30.3. The molecule has 0 N–H and O–H groups in total. The molecule has 0 bridgehead atoms. The Bertz CT molecular complexity index is 480. The fourth-order valence-electron chi connectivity index (χ4n) is 4.74. The van der Waals surface area contributed by atoms with E-state index in [2.05, 4.69) is 20.8 Å². The smallest absolute Gasteiger partial charge is 0.550 e. The largest absolute Gasteiger partial charge is 3.00 e. The zero-order chi connectivity index (χ0) is 31.9. The summed E-state index contributed by atoms with van der Waals surface area (Å²) in [6.07, 6.45) is 33.5. The van der Waals surface area contributed by atoms with E-state index in [1.54, 1.807) is 0 Å². The van der Waals surface area contributed by atoms with E-state index in [0.29, 0.717) is 0 Å². The van der Waals surface area contributed by atoms with Gasteiger partial charge in [-0.1, -0.05) is 175 Å². The summed E-state index contributed by atoms with van der Waals surface area (Å²) in [4.78, 5) is 30.3. The Morgan fingerprint density at radius 3 is 0.581 bits per heavy atom. The van der Waals surface area contributed by atoms with Crippen LogP contribution in [0.4, 0.5) is 0 Å². The maximum absolute atomic E-state index is 10.1. The van der Waals surface area contributed by atoms with E-state index in [1.807, 2.05) is 0 Å². The van der Waals surface area contributed by atoms with E-state index in [4.69, 9.17) is 0 Å². The zero-order valence-electron chi connectivity index (χ0n) is 28.5. The third-order valence-corrected chi connectivity index (χ3v) is 7.45. The van der Waals surface area contributed by atoms with Crippen molar-refractivity contribution in [3.8, 4) is 0 Å². The van der Waals surface area contributed by atoms with Crippen molar-refractivity contribution in [3.63, 3.8) is 0 Å². The van der Waals surface area contributed by atoms with Crippen molar-refractivity contribution in [2.45, 2.75) is 213 Å². The fraction of sp³-hybridized carbons (Fsp3) is 0.917. The molecule has 0 aromatic carbocycles. The number of rotatable bonds is 30. The van der Waals surface area contributed by atoms with Gasteiger partial charge in [-0.2, -0.15) is 0 Å². The van der Waals surface area contributed by atoms with Crippen molar-refractivity contribution < 1.29 is 49.2 Å². The van der Waals surface area contributed by atoms with Gasteiger partial charge in [0.15, 0.2) is 0 Å².